The minimum absolute atomic E-state index is 0. The van der Waals surface area contributed by atoms with Crippen molar-refractivity contribution in [2.24, 2.45) is 0 Å². The minimum atomic E-state index is 0. The summed E-state index contributed by atoms with van der Waals surface area (Å²) >= 11 is 0. The first-order valence-electron chi connectivity index (χ1n) is 0. The van der Waals surface area contributed by atoms with E-state index in [1.165, 1.54) is 0 Å². The molecule has 0 N–H and O–H groups in total. The molecular formula is H3BCoCrHfNdPtRe. The third-order valence-electron chi connectivity index (χ3n) is 0. The van der Waals surface area contributed by atoms with Gasteiger partial charge in [0.05, 0.1) is 8.41 Å². The first-order valence-corrected chi connectivity index (χ1v) is 0. The van der Waals surface area contributed by atoms with E-state index in [4.69, 9.17) is 0 Å². The average molecular weight is 829 g/mol. The van der Waals surface area contributed by atoms with Crippen molar-refractivity contribution in [2.75, 3.05) is 0 Å². The summed E-state index contributed by atoms with van der Waals surface area (Å²) in [5.74, 6) is 0. The minimum Gasteiger partial charge on any atom is 0 e. The molecule has 46 valence electrons. The molecule has 7 heavy (non-hydrogen) atoms. The van der Waals surface area contributed by atoms with Gasteiger partial charge in [-0.3, -0.25) is 0 Å². The van der Waals surface area contributed by atoms with Crippen LogP contribution in [0.4, 0.5) is 0 Å². The molecule has 0 bridgehead atoms. The Morgan fingerprint density at radius 2 is 1.00 bits per heavy atom. The number of hydrogen-bond donors (Lipinski definition) is 0. The summed E-state index contributed by atoms with van der Waals surface area (Å²) in [5.41, 5.74) is 0. The van der Waals surface area contributed by atoms with Gasteiger partial charge >= 0.3 is 0 Å². The van der Waals surface area contributed by atoms with E-state index in [1.54, 1.807) is 0 Å². The Balaban J connectivity index is 0. The molecule has 0 aliphatic carbocycles. The summed E-state index contributed by atoms with van der Waals surface area (Å²) in [6, 6.07) is 0. The van der Waals surface area contributed by atoms with Gasteiger partial charge in [0.1, 0.15) is 0 Å². The van der Waals surface area contributed by atoms with Gasteiger partial charge in [0.25, 0.3) is 0 Å². The van der Waals surface area contributed by atoms with Crippen LogP contribution < -0.4 is 0 Å². The second kappa shape index (κ2) is 45.7. The third-order valence-corrected chi connectivity index (χ3v) is 0. The second-order valence-corrected chi connectivity index (χ2v) is 0. The van der Waals surface area contributed by atoms with Crippen molar-refractivity contribution < 1.29 is 142 Å². The van der Waals surface area contributed by atoms with Gasteiger partial charge < -0.3 is 0 Å². The normalized spacial score (nSPS) is 0. The molecule has 2 radical (unpaired) electrons. The fourth-order valence-corrected chi connectivity index (χ4v) is 0. The SMILES string of the molecule is B.[Co].[Cr].[Hf].[Nd].[Pt].[Re]. The monoisotopic (exact) mass is 829 g/mol. The Bertz CT molecular complexity index is 19.7. The van der Waals surface area contributed by atoms with E-state index in [-0.39, 0.29) is 151 Å². The van der Waals surface area contributed by atoms with Gasteiger partial charge in [-0.25, -0.2) is 0 Å². The maximum atomic E-state index is 0. The quantitative estimate of drug-likeness (QED) is 0.270. The van der Waals surface area contributed by atoms with Gasteiger partial charge in [0.15, 0.2) is 0 Å². The fraction of sp³-hybridized carbons (Fsp3) is 0. The van der Waals surface area contributed by atoms with E-state index in [1.807, 2.05) is 0 Å². The molecule has 0 aliphatic rings. The number of hydrogen-bond acceptors (Lipinski definition) is 0. The zero-order valence-corrected chi connectivity index (χ0v) is 16.5. The summed E-state index contributed by atoms with van der Waals surface area (Å²) in [4.78, 5) is 0. The predicted molar refractivity (Wildman–Crippen MR) is 9.94 cm³/mol. The van der Waals surface area contributed by atoms with Crippen molar-refractivity contribution in [3.63, 3.8) is 0 Å². The van der Waals surface area contributed by atoms with Gasteiger partial charge in [0, 0.05) is 142 Å². The topological polar surface area (TPSA) is 0 Å². The van der Waals surface area contributed by atoms with Crippen LogP contribution in [0, 0.1) is 40.8 Å². The second-order valence-electron chi connectivity index (χ2n) is 0. The van der Waals surface area contributed by atoms with E-state index in [0.717, 1.165) is 0 Å². The molecule has 0 aliphatic heterocycles. The van der Waals surface area contributed by atoms with Crippen molar-refractivity contribution in [1.82, 2.24) is 0 Å². The van der Waals surface area contributed by atoms with Crippen LogP contribution in [-0.4, -0.2) is 8.41 Å². The van der Waals surface area contributed by atoms with E-state index in [9.17, 15) is 0 Å². The molecule has 0 unspecified atom stereocenters. The summed E-state index contributed by atoms with van der Waals surface area (Å²) in [6.07, 6.45) is 0. The van der Waals surface area contributed by atoms with Gasteiger partial charge in [-0.15, -0.1) is 0 Å². The molecule has 0 amide bonds. The summed E-state index contributed by atoms with van der Waals surface area (Å²) < 4.78 is 0. The van der Waals surface area contributed by atoms with Crippen LogP contribution in [0.2, 0.25) is 0 Å². The van der Waals surface area contributed by atoms with Crippen molar-refractivity contribution in [2.45, 2.75) is 0 Å². The molecule has 0 fully saturated rings. The van der Waals surface area contributed by atoms with Crippen LogP contribution in [0.1, 0.15) is 0 Å². The molecule has 0 heterocycles. The molecular weight excluding hydrogens is 826 g/mol. The molecule has 0 atom stereocenters. The first-order chi connectivity index (χ1) is 0. The van der Waals surface area contributed by atoms with E-state index in [2.05, 4.69) is 0 Å². The standard InChI is InChI=1S/BH3.Co.Cr.Hf.Nd.Pt.Re/h1H3;;;;;;. The van der Waals surface area contributed by atoms with Crippen LogP contribution >= 0.6 is 0 Å². The molecule has 0 aromatic heterocycles. The maximum absolute atomic E-state index is 0. The Morgan fingerprint density at radius 1 is 1.00 bits per heavy atom. The molecule has 0 nitrogen and oxygen atoms in total. The zero-order valence-electron chi connectivity index (χ0n) is 2.44. The van der Waals surface area contributed by atoms with Crippen LogP contribution in [0.5, 0.6) is 0 Å². The average Bonchev–Trinajstić information content (AvgIpc) is 0. The molecule has 0 spiro atoms. The van der Waals surface area contributed by atoms with Crippen LogP contribution in [0.15, 0.2) is 0 Å². The van der Waals surface area contributed by atoms with E-state index >= 15 is 0 Å². The van der Waals surface area contributed by atoms with E-state index in [0.29, 0.717) is 0 Å². The Kier molecular flexibility index (Phi) is 398. The summed E-state index contributed by atoms with van der Waals surface area (Å²) in [6.45, 7) is 0. The van der Waals surface area contributed by atoms with Crippen molar-refractivity contribution in [3.05, 3.63) is 0 Å². The molecule has 7 heteroatoms. The molecule has 0 saturated carbocycles. The third kappa shape index (κ3) is 36.8. The summed E-state index contributed by atoms with van der Waals surface area (Å²) in [7, 11) is 0. The smallest absolute Gasteiger partial charge is 0 e. The van der Waals surface area contributed by atoms with Crippen LogP contribution in [-0.2, 0) is 101 Å². The molecule has 0 saturated heterocycles. The van der Waals surface area contributed by atoms with Gasteiger partial charge in [-0.1, -0.05) is 0 Å². The Hall–Kier alpha value is 4.68. The van der Waals surface area contributed by atoms with E-state index < -0.39 is 0 Å². The van der Waals surface area contributed by atoms with Crippen LogP contribution in [0.3, 0.4) is 0 Å². The number of rotatable bonds is 0. The van der Waals surface area contributed by atoms with Crippen molar-refractivity contribution in [1.29, 1.82) is 0 Å². The van der Waals surface area contributed by atoms with Crippen molar-refractivity contribution in [3.8, 4) is 0 Å². The fourth-order valence-electron chi connectivity index (χ4n) is 0. The Morgan fingerprint density at radius 3 is 1.00 bits per heavy atom. The molecule has 0 rings (SSSR count). The zero-order chi connectivity index (χ0) is 0. The molecule has 0 aromatic rings. The summed E-state index contributed by atoms with van der Waals surface area (Å²) in [5, 5.41) is 0. The van der Waals surface area contributed by atoms with Gasteiger partial charge in [-0.2, -0.15) is 0 Å². The van der Waals surface area contributed by atoms with Gasteiger partial charge in [-0.05, 0) is 0 Å². The maximum Gasteiger partial charge on any atom is 0.0814 e. The molecule has 0 aromatic carbocycles. The Labute approximate surface area is 147 Å². The largest absolute Gasteiger partial charge is 0.0814 e. The van der Waals surface area contributed by atoms with Crippen molar-refractivity contribution >= 4 is 8.41 Å². The van der Waals surface area contributed by atoms with Crippen LogP contribution in [0.25, 0.3) is 0 Å². The predicted octanol–water partition coefficient (Wildman–Crippen LogP) is -1.20. The van der Waals surface area contributed by atoms with Gasteiger partial charge in [0.2, 0.25) is 0 Å². The first kappa shape index (κ1) is 60.9.